The molecular weight excluding hydrogens is 276 g/mol. The van der Waals surface area contributed by atoms with Crippen LogP contribution in [-0.4, -0.2) is 49.1 Å². The third-order valence-electron chi connectivity index (χ3n) is 3.65. The van der Waals surface area contributed by atoms with Gasteiger partial charge in [-0.15, -0.1) is 0 Å². The van der Waals surface area contributed by atoms with Gasteiger partial charge in [0.05, 0.1) is 6.61 Å². The standard InChI is InChI=1S/C13H22N4O2S/c1-8(9-4-5-9)17(6-7-19-3)12(18)10-11(14)16-13(15-2)20-10/h8-9H,4-7,14H2,1-3H3,(H,15,16). The first kappa shape index (κ1) is 15.1. The summed E-state index contributed by atoms with van der Waals surface area (Å²) in [5.74, 6) is 0.862. The number of thiazole rings is 1. The zero-order valence-corrected chi connectivity index (χ0v) is 13.0. The lowest BCUT2D eigenvalue weighted by atomic mass is 10.1. The fraction of sp³-hybridized carbons (Fsp3) is 0.692. The molecule has 1 amide bonds. The summed E-state index contributed by atoms with van der Waals surface area (Å²) < 4.78 is 5.12. The van der Waals surface area contributed by atoms with Gasteiger partial charge >= 0.3 is 0 Å². The highest BCUT2D eigenvalue weighted by atomic mass is 32.1. The Hall–Kier alpha value is -1.34. The van der Waals surface area contributed by atoms with Gasteiger partial charge in [0, 0.05) is 26.7 Å². The molecule has 1 aliphatic rings. The molecule has 1 saturated carbocycles. The number of carbonyl (C=O) groups is 1. The van der Waals surface area contributed by atoms with Crippen LogP contribution in [0.4, 0.5) is 10.9 Å². The monoisotopic (exact) mass is 298 g/mol. The van der Waals surface area contributed by atoms with E-state index in [2.05, 4.69) is 17.2 Å². The van der Waals surface area contributed by atoms with Crippen molar-refractivity contribution in [2.45, 2.75) is 25.8 Å². The highest BCUT2D eigenvalue weighted by Gasteiger charge is 2.35. The van der Waals surface area contributed by atoms with Crippen molar-refractivity contribution in [2.75, 3.05) is 38.4 Å². The number of aromatic nitrogens is 1. The van der Waals surface area contributed by atoms with Crippen LogP contribution in [0.3, 0.4) is 0 Å². The van der Waals surface area contributed by atoms with E-state index in [9.17, 15) is 4.79 Å². The SMILES string of the molecule is CNc1nc(N)c(C(=O)N(CCOC)C(C)C2CC2)s1. The van der Waals surface area contributed by atoms with E-state index in [1.807, 2.05) is 4.90 Å². The van der Waals surface area contributed by atoms with Gasteiger partial charge in [-0.05, 0) is 25.7 Å². The van der Waals surface area contributed by atoms with Gasteiger partial charge in [0.1, 0.15) is 10.7 Å². The molecule has 0 radical (unpaired) electrons. The average Bonchev–Trinajstić information content (AvgIpc) is 3.21. The van der Waals surface area contributed by atoms with Crippen LogP contribution in [0.25, 0.3) is 0 Å². The maximum Gasteiger partial charge on any atom is 0.268 e. The molecule has 6 nitrogen and oxygen atoms in total. The van der Waals surface area contributed by atoms with Gasteiger partial charge in [-0.3, -0.25) is 4.79 Å². The van der Waals surface area contributed by atoms with Crippen molar-refractivity contribution >= 4 is 28.2 Å². The number of methoxy groups -OCH3 is 1. The van der Waals surface area contributed by atoms with Crippen molar-refractivity contribution in [1.82, 2.24) is 9.88 Å². The number of nitrogens with two attached hydrogens (primary N) is 1. The van der Waals surface area contributed by atoms with Crippen LogP contribution in [0.5, 0.6) is 0 Å². The van der Waals surface area contributed by atoms with E-state index in [1.54, 1.807) is 14.2 Å². The van der Waals surface area contributed by atoms with Crippen molar-refractivity contribution in [3.63, 3.8) is 0 Å². The van der Waals surface area contributed by atoms with Crippen LogP contribution >= 0.6 is 11.3 Å². The van der Waals surface area contributed by atoms with Gasteiger partial charge in [-0.1, -0.05) is 11.3 Å². The molecule has 1 aliphatic carbocycles. The number of ether oxygens (including phenoxy) is 1. The summed E-state index contributed by atoms with van der Waals surface area (Å²) in [5, 5.41) is 3.59. The lowest BCUT2D eigenvalue weighted by Crippen LogP contribution is -2.41. The first-order valence-electron chi connectivity index (χ1n) is 6.82. The van der Waals surface area contributed by atoms with E-state index >= 15 is 0 Å². The van der Waals surface area contributed by atoms with Crippen molar-refractivity contribution in [3.05, 3.63) is 4.88 Å². The van der Waals surface area contributed by atoms with Gasteiger partial charge in [-0.2, -0.15) is 0 Å². The highest BCUT2D eigenvalue weighted by molar-refractivity contribution is 7.18. The number of rotatable bonds is 7. The van der Waals surface area contributed by atoms with E-state index in [0.29, 0.717) is 34.9 Å². The summed E-state index contributed by atoms with van der Waals surface area (Å²) in [6, 6.07) is 0.220. The first-order chi connectivity index (χ1) is 9.58. The lowest BCUT2D eigenvalue weighted by molar-refractivity contribution is 0.0600. The van der Waals surface area contributed by atoms with Crippen LogP contribution in [-0.2, 0) is 4.74 Å². The van der Waals surface area contributed by atoms with Crippen LogP contribution in [0.15, 0.2) is 0 Å². The van der Waals surface area contributed by atoms with Gasteiger partial charge < -0.3 is 20.7 Å². The second kappa shape index (κ2) is 6.41. The molecule has 7 heteroatoms. The zero-order chi connectivity index (χ0) is 14.7. The van der Waals surface area contributed by atoms with Crippen molar-refractivity contribution in [3.8, 4) is 0 Å². The molecule has 3 N–H and O–H groups in total. The smallest absolute Gasteiger partial charge is 0.268 e. The molecule has 1 aromatic rings. The molecule has 1 atom stereocenters. The van der Waals surface area contributed by atoms with E-state index in [4.69, 9.17) is 10.5 Å². The summed E-state index contributed by atoms with van der Waals surface area (Å²) in [6.45, 7) is 3.21. The number of hydrogen-bond donors (Lipinski definition) is 2. The predicted octanol–water partition coefficient (Wildman–Crippen LogP) is 1.65. The first-order valence-corrected chi connectivity index (χ1v) is 7.64. The molecule has 0 saturated heterocycles. The van der Waals surface area contributed by atoms with Crippen LogP contribution < -0.4 is 11.1 Å². The second-order valence-electron chi connectivity index (χ2n) is 5.05. The van der Waals surface area contributed by atoms with Crippen LogP contribution in [0, 0.1) is 5.92 Å². The normalized spacial score (nSPS) is 15.9. The summed E-state index contributed by atoms with van der Waals surface area (Å²) in [4.78, 5) is 19.2. The predicted molar refractivity (Wildman–Crippen MR) is 81.2 cm³/mol. The fourth-order valence-electron chi connectivity index (χ4n) is 2.24. The summed E-state index contributed by atoms with van der Waals surface area (Å²) in [7, 11) is 3.41. The Morgan fingerprint density at radius 3 is 2.85 bits per heavy atom. The number of nitrogens with one attached hydrogen (secondary N) is 1. The number of carbonyl (C=O) groups excluding carboxylic acids is 1. The minimum Gasteiger partial charge on any atom is -0.383 e. The number of nitrogens with zero attached hydrogens (tertiary/aromatic N) is 2. The summed E-state index contributed by atoms with van der Waals surface area (Å²) >= 11 is 1.30. The Morgan fingerprint density at radius 2 is 2.35 bits per heavy atom. The third-order valence-corrected chi connectivity index (χ3v) is 4.73. The molecule has 1 unspecified atom stereocenters. The molecule has 0 bridgehead atoms. The number of hydrogen-bond acceptors (Lipinski definition) is 6. The maximum atomic E-state index is 12.7. The summed E-state index contributed by atoms with van der Waals surface area (Å²) in [5.41, 5.74) is 5.86. The Kier molecular flexibility index (Phi) is 4.82. The van der Waals surface area contributed by atoms with Gasteiger partial charge in [0.2, 0.25) is 0 Å². The molecule has 0 aliphatic heterocycles. The van der Waals surface area contributed by atoms with Crippen molar-refractivity contribution in [2.24, 2.45) is 5.92 Å². The molecular formula is C13H22N4O2S. The van der Waals surface area contributed by atoms with E-state index in [0.717, 1.165) is 0 Å². The second-order valence-corrected chi connectivity index (χ2v) is 6.05. The summed E-state index contributed by atoms with van der Waals surface area (Å²) in [6.07, 6.45) is 2.38. The largest absolute Gasteiger partial charge is 0.383 e. The molecule has 2 rings (SSSR count). The fourth-order valence-corrected chi connectivity index (χ4v) is 3.03. The Morgan fingerprint density at radius 1 is 1.65 bits per heavy atom. The number of anilines is 2. The molecule has 1 fully saturated rings. The number of amides is 1. The van der Waals surface area contributed by atoms with Gasteiger partial charge in [0.15, 0.2) is 5.13 Å². The van der Waals surface area contributed by atoms with E-state index in [-0.39, 0.29) is 11.9 Å². The number of nitrogen functional groups attached to an aromatic ring is 1. The topological polar surface area (TPSA) is 80.5 Å². The lowest BCUT2D eigenvalue weighted by Gasteiger charge is -2.28. The molecule has 0 aromatic carbocycles. The van der Waals surface area contributed by atoms with E-state index < -0.39 is 0 Å². The molecule has 1 aromatic heterocycles. The maximum absolute atomic E-state index is 12.7. The van der Waals surface area contributed by atoms with Gasteiger partial charge in [-0.25, -0.2) is 4.98 Å². The van der Waals surface area contributed by atoms with Crippen molar-refractivity contribution < 1.29 is 9.53 Å². The Bertz CT molecular complexity index is 473. The third kappa shape index (κ3) is 3.21. The van der Waals surface area contributed by atoms with Crippen molar-refractivity contribution in [1.29, 1.82) is 0 Å². The highest BCUT2D eigenvalue weighted by Crippen LogP contribution is 2.36. The molecule has 0 spiro atoms. The van der Waals surface area contributed by atoms with Crippen LogP contribution in [0.2, 0.25) is 0 Å². The minimum absolute atomic E-state index is 0.0436. The zero-order valence-electron chi connectivity index (χ0n) is 12.2. The minimum atomic E-state index is -0.0436. The van der Waals surface area contributed by atoms with Gasteiger partial charge in [0.25, 0.3) is 5.91 Å². The Balaban J connectivity index is 2.17. The Labute approximate surface area is 123 Å². The quantitative estimate of drug-likeness (QED) is 0.800. The molecule has 112 valence electrons. The van der Waals surface area contributed by atoms with Crippen LogP contribution in [0.1, 0.15) is 29.4 Å². The average molecular weight is 298 g/mol. The molecule has 1 heterocycles. The van der Waals surface area contributed by atoms with E-state index in [1.165, 1.54) is 24.2 Å². The molecule has 20 heavy (non-hydrogen) atoms.